The highest BCUT2D eigenvalue weighted by Crippen LogP contribution is 2.29. The van der Waals surface area contributed by atoms with Gasteiger partial charge in [0.1, 0.15) is 6.10 Å². The molecule has 14 heavy (non-hydrogen) atoms. The molecule has 82 valence electrons. The van der Waals surface area contributed by atoms with Gasteiger partial charge in [-0.15, -0.1) is 0 Å². The third-order valence-corrected chi connectivity index (χ3v) is 2.66. The molecule has 1 aliphatic heterocycles. The fraction of sp³-hybridized carbons (Fsp3) is 0.818. The van der Waals surface area contributed by atoms with Gasteiger partial charge in [-0.3, -0.25) is 0 Å². The molecule has 1 heterocycles. The van der Waals surface area contributed by atoms with Crippen LogP contribution in [-0.4, -0.2) is 26.1 Å². The van der Waals surface area contributed by atoms with Crippen molar-refractivity contribution in [1.82, 2.24) is 0 Å². The Kier molecular flexibility index (Phi) is 3.96. The van der Waals surface area contributed by atoms with Crippen LogP contribution >= 0.6 is 0 Å². The molecule has 3 nitrogen and oxygen atoms in total. The first-order valence-electron chi connectivity index (χ1n) is 5.08. The summed E-state index contributed by atoms with van der Waals surface area (Å²) in [6, 6.07) is 0. The summed E-state index contributed by atoms with van der Waals surface area (Å²) in [5.41, 5.74) is 0.0272. The quantitative estimate of drug-likeness (QED) is 0.273. The van der Waals surface area contributed by atoms with Crippen molar-refractivity contribution in [2.75, 3.05) is 20.0 Å². The molecule has 3 heteroatoms. The van der Waals surface area contributed by atoms with Crippen LogP contribution in [0.2, 0.25) is 0 Å². The van der Waals surface area contributed by atoms with E-state index in [0.29, 0.717) is 12.7 Å². The average Bonchev–Trinajstić information content (AvgIpc) is 2.95. The van der Waals surface area contributed by atoms with E-state index in [2.05, 4.69) is 27.4 Å². The molecule has 0 bridgehead atoms. The van der Waals surface area contributed by atoms with Crippen LogP contribution in [0.4, 0.5) is 0 Å². The highest BCUT2D eigenvalue weighted by atomic mass is 16.7. The molecule has 0 amide bonds. The highest BCUT2D eigenvalue weighted by Gasteiger charge is 2.23. The van der Waals surface area contributed by atoms with Crippen molar-refractivity contribution < 1.29 is 14.2 Å². The topological polar surface area (TPSA) is 31.0 Å². The van der Waals surface area contributed by atoms with Gasteiger partial charge in [-0.25, -0.2) is 0 Å². The summed E-state index contributed by atoms with van der Waals surface area (Å²) in [6.45, 7) is 12.0. The second-order valence-electron chi connectivity index (χ2n) is 4.25. The standard InChI is InChI=1S/C11H20O3/c1-5-11(3,4)9(2)14-8-12-6-10-7-13-10/h10H,2,5-8H2,1,3-4H3. The summed E-state index contributed by atoms with van der Waals surface area (Å²) in [6.07, 6.45) is 1.31. The Morgan fingerprint density at radius 1 is 1.57 bits per heavy atom. The molecule has 0 aromatic carbocycles. The maximum Gasteiger partial charge on any atom is 0.188 e. The molecule has 1 aliphatic rings. The second kappa shape index (κ2) is 4.80. The normalized spacial score (nSPS) is 20.6. The van der Waals surface area contributed by atoms with Gasteiger partial charge in [-0.2, -0.15) is 0 Å². The Bertz CT molecular complexity index is 195. The van der Waals surface area contributed by atoms with Crippen LogP contribution in [-0.2, 0) is 14.2 Å². The first kappa shape index (κ1) is 11.5. The van der Waals surface area contributed by atoms with E-state index in [0.717, 1.165) is 18.8 Å². The van der Waals surface area contributed by atoms with E-state index < -0.39 is 0 Å². The van der Waals surface area contributed by atoms with E-state index in [9.17, 15) is 0 Å². The Hall–Kier alpha value is -0.540. The third kappa shape index (κ3) is 3.68. The van der Waals surface area contributed by atoms with Crippen molar-refractivity contribution in [2.45, 2.75) is 33.3 Å². The monoisotopic (exact) mass is 200 g/mol. The van der Waals surface area contributed by atoms with Crippen molar-refractivity contribution in [3.63, 3.8) is 0 Å². The molecular formula is C11H20O3. The molecule has 1 unspecified atom stereocenters. The van der Waals surface area contributed by atoms with Crippen LogP contribution in [0.5, 0.6) is 0 Å². The Balaban J connectivity index is 2.07. The predicted molar refractivity (Wildman–Crippen MR) is 54.9 cm³/mol. The minimum atomic E-state index is 0.0272. The molecule has 0 N–H and O–H groups in total. The molecule has 1 rings (SSSR count). The zero-order chi connectivity index (χ0) is 10.6. The van der Waals surface area contributed by atoms with Gasteiger partial charge in [0, 0.05) is 5.41 Å². The van der Waals surface area contributed by atoms with Crippen molar-refractivity contribution in [1.29, 1.82) is 0 Å². The number of hydrogen-bond donors (Lipinski definition) is 0. The lowest BCUT2D eigenvalue weighted by Crippen LogP contribution is -2.17. The van der Waals surface area contributed by atoms with Crippen LogP contribution < -0.4 is 0 Å². The minimum absolute atomic E-state index is 0.0272. The average molecular weight is 200 g/mol. The minimum Gasteiger partial charge on any atom is -0.472 e. The van der Waals surface area contributed by atoms with Gasteiger partial charge in [-0.05, 0) is 6.42 Å². The van der Waals surface area contributed by atoms with E-state index in [-0.39, 0.29) is 12.2 Å². The molecule has 0 aromatic heterocycles. The Morgan fingerprint density at radius 2 is 2.21 bits per heavy atom. The number of hydrogen-bond acceptors (Lipinski definition) is 3. The smallest absolute Gasteiger partial charge is 0.188 e. The number of epoxide rings is 1. The number of rotatable bonds is 7. The van der Waals surface area contributed by atoms with Crippen LogP contribution in [0.15, 0.2) is 12.3 Å². The van der Waals surface area contributed by atoms with Gasteiger partial charge in [0.05, 0.1) is 19.0 Å². The first-order chi connectivity index (χ1) is 6.56. The molecule has 0 aliphatic carbocycles. The number of allylic oxidation sites excluding steroid dienone is 1. The van der Waals surface area contributed by atoms with Gasteiger partial charge in [0.15, 0.2) is 6.79 Å². The van der Waals surface area contributed by atoms with E-state index in [4.69, 9.17) is 14.2 Å². The lowest BCUT2D eigenvalue weighted by atomic mass is 9.89. The zero-order valence-corrected chi connectivity index (χ0v) is 9.34. The van der Waals surface area contributed by atoms with Gasteiger partial charge in [-0.1, -0.05) is 27.4 Å². The number of ether oxygens (including phenoxy) is 3. The van der Waals surface area contributed by atoms with Crippen LogP contribution in [0.25, 0.3) is 0 Å². The maximum atomic E-state index is 5.40. The fourth-order valence-corrected chi connectivity index (χ4v) is 0.849. The van der Waals surface area contributed by atoms with E-state index >= 15 is 0 Å². The molecule has 0 aromatic rings. The fourth-order valence-electron chi connectivity index (χ4n) is 0.849. The van der Waals surface area contributed by atoms with Crippen LogP contribution in [0, 0.1) is 5.41 Å². The summed E-state index contributed by atoms with van der Waals surface area (Å²) < 4.78 is 15.7. The second-order valence-corrected chi connectivity index (χ2v) is 4.25. The van der Waals surface area contributed by atoms with E-state index in [1.165, 1.54) is 0 Å². The molecule has 1 fully saturated rings. The Morgan fingerprint density at radius 3 is 2.71 bits per heavy atom. The van der Waals surface area contributed by atoms with Crippen molar-refractivity contribution in [3.05, 3.63) is 12.3 Å². The molecule has 0 radical (unpaired) electrons. The largest absolute Gasteiger partial charge is 0.472 e. The molecule has 0 saturated carbocycles. The molecular weight excluding hydrogens is 180 g/mol. The molecule has 0 spiro atoms. The lowest BCUT2D eigenvalue weighted by molar-refractivity contribution is -0.0432. The van der Waals surface area contributed by atoms with Crippen LogP contribution in [0.1, 0.15) is 27.2 Å². The van der Waals surface area contributed by atoms with Crippen LogP contribution in [0.3, 0.4) is 0 Å². The van der Waals surface area contributed by atoms with Gasteiger partial charge < -0.3 is 14.2 Å². The predicted octanol–water partition coefficient (Wildman–Crippen LogP) is 2.33. The molecule has 1 atom stereocenters. The first-order valence-corrected chi connectivity index (χ1v) is 5.08. The van der Waals surface area contributed by atoms with Crippen molar-refractivity contribution >= 4 is 0 Å². The van der Waals surface area contributed by atoms with E-state index in [1.54, 1.807) is 0 Å². The summed E-state index contributed by atoms with van der Waals surface area (Å²) in [4.78, 5) is 0. The summed E-state index contributed by atoms with van der Waals surface area (Å²) in [5.74, 6) is 0.789. The summed E-state index contributed by atoms with van der Waals surface area (Å²) >= 11 is 0. The SMILES string of the molecule is C=C(OCOCC1CO1)C(C)(C)CC. The lowest BCUT2D eigenvalue weighted by Gasteiger charge is -2.25. The summed E-state index contributed by atoms with van der Waals surface area (Å²) in [5, 5.41) is 0. The van der Waals surface area contributed by atoms with Crippen molar-refractivity contribution in [3.8, 4) is 0 Å². The Labute approximate surface area is 86.0 Å². The van der Waals surface area contributed by atoms with Gasteiger partial charge in [0.2, 0.25) is 0 Å². The van der Waals surface area contributed by atoms with Crippen molar-refractivity contribution in [2.24, 2.45) is 5.41 Å². The maximum absolute atomic E-state index is 5.40. The molecule has 1 saturated heterocycles. The van der Waals surface area contributed by atoms with Gasteiger partial charge in [0.25, 0.3) is 0 Å². The highest BCUT2D eigenvalue weighted by molar-refractivity contribution is 4.97. The summed E-state index contributed by atoms with van der Waals surface area (Å²) in [7, 11) is 0. The third-order valence-electron chi connectivity index (χ3n) is 2.66. The zero-order valence-electron chi connectivity index (χ0n) is 9.34. The van der Waals surface area contributed by atoms with E-state index in [1.807, 2.05) is 0 Å². The van der Waals surface area contributed by atoms with Gasteiger partial charge >= 0.3 is 0 Å².